The van der Waals surface area contributed by atoms with E-state index in [1.165, 1.54) is 28.5 Å². The van der Waals surface area contributed by atoms with Gasteiger partial charge in [0.25, 0.3) is 0 Å². The Morgan fingerprint density at radius 3 is 2.72 bits per heavy atom. The molecule has 0 bridgehead atoms. The predicted molar refractivity (Wildman–Crippen MR) is 82.4 cm³/mol. The van der Waals surface area contributed by atoms with Gasteiger partial charge in [-0.3, -0.25) is 0 Å². The zero-order chi connectivity index (χ0) is 13.2. The van der Waals surface area contributed by atoms with Crippen LogP contribution in [0.4, 0.5) is 0 Å². The highest BCUT2D eigenvalue weighted by Crippen LogP contribution is 2.37. The fourth-order valence-corrected chi connectivity index (χ4v) is 3.66. The van der Waals surface area contributed by atoms with Crippen molar-refractivity contribution in [3.8, 4) is 0 Å². The lowest BCUT2D eigenvalue weighted by Crippen LogP contribution is -2.19. The zero-order valence-electron chi connectivity index (χ0n) is 11.6. The molecule has 1 aromatic heterocycles. The lowest BCUT2D eigenvalue weighted by Gasteiger charge is -2.25. The molecule has 0 radical (unpaired) electrons. The van der Waals surface area contributed by atoms with Crippen molar-refractivity contribution in [2.75, 3.05) is 0 Å². The van der Waals surface area contributed by atoms with E-state index in [-0.39, 0.29) is 5.41 Å². The molecular weight excluding hydrogens is 238 g/mol. The third kappa shape index (κ3) is 2.93. The van der Waals surface area contributed by atoms with Gasteiger partial charge in [-0.05, 0) is 47.6 Å². The minimum absolute atomic E-state index is 0.245. The van der Waals surface area contributed by atoms with Crippen molar-refractivity contribution in [1.29, 1.82) is 0 Å². The van der Waals surface area contributed by atoms with Crippen molar-refractivity contribution in [2.24, 2.45) is 5.73 Å². The van der Waals surface area contributed by atoms with Crippen LogP contribution in [0.25, 0.3) is 10.1 Å². The number of thiophene rings is 1. The summed E-state index contributed by atoms with van der Waals surface area (Å²) in [6.45, 7) is 6.79. The van der Waals surface area contributed by atoms with E-state index in [9.17, 15) is 0 Å². The van der Waals surface area contributed by atoms with Crippen LogP contribution in [0.5, 0.6) is 0 Å². The third-order valence-electron chi connectivity index (χ3n) is 3.67. The smallest absolute Gasteiger partial charge is 0.0345 e. The molecule has 0 aliphatic rings. The minimum Gasteiger partial charge on any atom is -0.328 e. The van der Waals surface area contributed by atoms with E-state index in [2.05, 4.69) is 50.4 Å². The van der Waals surface area contributed by atoms with Crippen LogP contribution in [-0.4, -0.2) is 6.04 Å². The maximum atomic E-state index is 5.83. The molecule has 0 amide bonds. The lowest BCUT2D eigenvalue weighted by atomic mass is 9.80. The molecule has 0 spiro atoms. The molecule has 2 heteroatoms. The van der Waals surface area contributed by atoms with Gasteiger partial charge >= 0.3 is 0 Å². The summed E-state index contributed by atoms with van der Waals surface area (Å²) in [7, 11) is 0. The first kappa shape index (κ1) is 13.6. The van der Waals surface area contributed by atoms with E-state index in [0.29, 0.717) is 6.04 Å². The Kier molecular flexibility index (Phi) is 4.08. The van der Waals surface area contributed by atoms with Crippen LogP contribution in [0, 0.1) is 0 Å². The fourth-order valence-electron chi connectivity index (χ4n) is 2.50. The summed E-state index contributed by atoms with van der Waals surface area (Å²) in [6.07, 6.45) is 3.52. The minimum atomic E-state index is 0.245. The number of hydrogen-bond donors (Lipinski definition) is 1. The highest BCUT2D eigenvalue weighted by atomic mass is 32.1. The Labute approximate surface area is 114 Å². The highest BCUT2D eigenvalue weighted by Gasteiger charge is 2.23. The molecule has 0 saturated carbocycles. The summed E-state index contributed by atoms with van der Waals surface area (Å²) < 4.78 is 1.40. The van der Waals surface area contributed by atoms with Gasteiger partial charge in [0, 0.05) is 10.7 Å². The van der Waals surface area contributed by atoms with E-state index in [1.54, 1.807) is 0 Å². The van der Waals surface area contributed by atoms with Crippen LogP contribution < -0.4 is 5.73 Å². The van der Waals surface area contributed by atoms with Gasteiger partial charge in [-0.25, -0.2) is 0 Å². The summed E-state index contributed by atoms with van der Waals surface area (Å²) >= 11 is 1.86. The van der Waals surface area contributed by atoms with Gasteiger partial charge < -0.3 is 5.73 Å². The monoisotopic (exact) mass is 261 g/mol. The van der Waals surface area contributed by atoms with Crippen molar-refractivity contribution >= 4 is 21.4 Å². The molecule has 1 heterocycles. The third-order valence-corrected chi connectivity index (χ3v) is 4.63. The number of rotatable bonds is 5. The maximum absolute atomic E-state index is 5.83. The summed E-state index contributed by atoms with van der Waals surface area (Å²) in [5.41, 5.74) is 7.57. The topological polar surface area (TPSA) is 26.0 Å². The molecule has 0 aliphatic carbocycles. The van der Waals surface area contributed by atoms with E-state index >= 15 is 0 Å². The van der Waals surface area contributed by atoms with Crippen molar-refractivity contribution in [1.82, 2.24) is 0 Å². The number of benzene rings is 1. The quantitative estimate of drug-likeness (QED) is 0.829. The van der Waals surface area contributed by atoms with Crippen molar-refractivity contribution in [3.05, 3.63) is 35.2 Å². The average molecular weight is 261 g/mol. The predicted octanol–water partition coefficient (Wildman–Crippen LogP) is 4.70. The molecule has 0 fully saturated rings. The van der Waals surface area contributed by atoms with E-state index in [0.717, 1.165) is 6.42 Å². The van der Waals surface area contributed by atoms with Crippen LogP contribution in [0.3, 0.4) is 0 Å². The molecule has 98 valence electrons. The molecule has 1 nitrogen and oxygen atoms in total. The van der Waals surface area contributed by atoms with Crippen molar-refractivity contribution in [2.45, 2.75) is 51.5 Å². The second-order valence-electron chi connectivity index (χ2n) is 5.90. The van der Waals surface area contributed by atoms with E-state index < -0.39 is 0 Å². The Morgan fingerprint density at radius 2 is 2.00 bits per heavy atom. The van der Waals surface area contributed by atoms with Gasteiger partial charge in [0.15, 0.2) is 0 Å². The normalized spacial score (nSPS) is 14.0. The van der Waals surface area contributed by atoms with Gasteiger partial charge in [0.05, 0.1) is 0 Å². The van der Waals surface area contributed by atoms with Gasteiger partial charge in [0.1, 0.15) is 0 Å². The second kappa shape index (κ2) is 5.41. The number of hydrogen-bond acceptors (Lipinski definition) is 2. The van der Waals surface area contributed by atoms with Gasteiger partial charge in [-0.15, -0.1) is 11.3 Å². The highest BCUT2D eigenvalue weighted by molar-refractivity contribution is 7.17. The largest absolute Gasteiger partial charge is 0.328 e. The molecule has 1 atom stereocenters. The Hall–Kier alpha value is -0.860. The van der Waals surface area contributed by atoms with Gasteiger partial charge in [-0.1, -0.05) is 38.5 Å². The summed E-state index contributed by atoms with van der Waals surface area (Å²) in [6, 6.07) is 9.03. The van der Waals surface area contributed by atoms with Gasteiger partial charge in [0.2, 0.25) is 0 Å². The van der Waals surface area contributed by atoms with E-state index in [1.807, 2.05) is 11.3 Å². The van der Waals surface area contributed by atoms with Crippen LogP contribution in [0.15, 0.2) is 29.6 Å². The first-order valence-electron chi connectivity index (χ1n) is 6.73. The molecular formula is C16H23NS. The Balaban J connectivity index is 2.18. The fraction of sp³-hybridized carbons (Fsp3) is 0.500. The SMILES string of the molecule is CC(N)CCCC(C)(C)c1csc2ccccc12. The van der Waals surface area contributed by atoms with Crippen LogP contribution in [-0.2, 0) is 5.41 Å². The molecule has 0 aliphatic heterocycles. The standard InChI is InChI=1S/C16H23NS/c1-12(17)7-6-10-16(2,3)14-11-18-15-9-5-4-8-13(14)15/h4-5,8-9,11-12H,6-7,10,17H2,1-3H3. The van der Waals surface area contributed by atoms with Crippen molar-refractivity contribution in [3.63, 3.8) is 0 Å². The Bertz CT molecular complexity index is 511. The Morgan fingerprint density at radius 1 is 1.28 bits per heavy atom. The summed E-state index contributed by atoms with van der Waals surface area (Å²) in [5.74, 6) is 0. The zero-order valence-corrected chi connectivity index (χ0v) is 12.4. The average Bonchev–Trinajstić information content (AvgIpc) is 2.72. The summed E-state index contributed by atoms with van der Waals surface area (Å²) in [4.78, 5) is 0. The molecule has 1 aromatic carbocycles. The number of nitrogens with two attached hydrogens (primary N) is 1. The second-order valence-corrected chi connectivity index (χ2v) is 6.81. The lowest BCUT2D eigenvalue weighted by molar-refractivity contribution is 0.443. The molecule has 2 aromatic rings. The van der Waals surface area contributed by atoms with Crippen LogP contribution in [0.2, 0.25) is 0 Å². The first-order valence-corrected chi connectivity index (χ1v) is 7.61. The van der Waals surface area contributed by atoms with Gasteiger partial charge in [-0.2, -0.15) is 0 Å². The molecule has 18 heavy (non-hydrogen) atoms. The first-order chi connectivity index (χ1) is 8.50. The van der Waals surface area contributed by atoms with Crippen LogP contribution >= 0.6 is 11.3 Å². The molecule has 2 N–H and O–H groups in total. The maximum Gasteiger partial charge on any atom is 0.0345 e. The molecule has 0 saturated heterocycles. The van der Waals surface area contributed by atoms with Crippen molar-refractivity contribution < 1.29 is 0 Å². The number of fused-ring (bicyclic) bond motifs is 1. The molecule has 1 unspecified atom stereocenters. The van der Waals surface area contributed by atoms with E-state index in [4.69, 9.17) is 5.73 Å². The van der Waals surface area contributed by atoms with Crippen LogP contribution in [0.1, 0.15) is 45.6 Å². The molecule has 2 rings (SSSR count). The summed E-state index contributed by atoms with van der Waals surface area (Å²) in [5, 5.41) is 3.75.